The third kappa shape index (κ3) is 3.65. The van der Waals surface area contributed by atoms with Gasteiger partial charge in [0.2, 0.25) is 5.91 Å². The minimum Gasteiger partial charge on any atom is -0.469 e. The lowest BCUT2D eigenvalue weighted by Gasteiger charge is -2.20. The van der Waals surface area contributed by atoms with Crippen molar-refractivity contribution in [3.05, 3.63) is 48.2 Å². The summed E-state index contributed by atoms with van der Waals surface area (Å²) in [5.74, 6) is 1.27. The quantitative estimate of drug-likeness (QED) is 0.616. The fourth-order valence-electron chi connectivity index (χ4n) is 2.62. The molecule has 0 unspecified atom stereocenters. The van der Waals surface area contributed by atoms with E-state index in [0.717, 1.165) is 11.3 Å². The number of benzene rings is 1. The van der Waals surface area contributed by atoms with E-state index in [1.165, 1.54) is 23.9 Å². The number of furan rings is 1. The van der Waals surface area contributed by atoms with Crippen LogP contribution in [0.5, 0.6) is 0 Å². The molecule has 2 heterocycles. The molecule has 0 N–H and O–H groups in total. The summed E-state index contributed by atoms with van der Waals surface area (Å²) in [6.07, 6.45) is 1.61. The number of carbonyl (C=O) groups is 1. The first-order valence-corrected chi connectivity index (χ1v) is 9.12. The maximum atomic E-state index is 13.1. The van der Waals surface area contributed by atoms with Crippen LogP contribution in [0.2, 0.25) is 0 Å². The van der Waals surface area contributed by atoms with E-state index in [1.807, 2.05) is 31.5 Å². The summed E-state index contributed by atoms with van der Waals surface area (Å²) < 4.78 is 20.2. The molecule has 0 aliphatic carbocycles. The lowest BCUT2D eigenvalue weighted by molar-refractivity contribution is -0.116. The lowest BCUT2D eigenvalue weighted by Crippen LogP contribution is -2.32. The number of aryl methyl sites for hydroxylation is 1. The van der Waals surface area contributed by atoms with Crippen molar-refractivity contribution in [1.29, 1.82) is 0 Å². The van der Waals surface area contributed by atoms with E-state index < -0.39 is 0 Å². The molecule has 0 atom stereocenters. The van der Waals surface area contributed by atoms with Gasteiger partial charge in [-0.05, 0) is 44.2 Å². The molecule has 1 aromatic carbocycles. The molecule has 0 saturated carbocycles. The van der Waals surface area contributed by atoms with Gasteiger partial charge in [-0.1, -0.05) is 11.8 Å². The lowest BCUT2D eigenvalue weighted by atomic mass is 10.2. The van der Waals surface area contributed by atoms with Gasteiger partial charge in [0.15, 0.2) is 11.0 Å². The standard InChI is InChI=1S/C18H19FN4O2S/c1-4-23(14-7-5-13(19)6-8-14)16(24)11-26-18-21-20-17(22(18)3)15-9-10-25-12(15)2/h5-10H,4,11H2,1-3H3. The van der Waals surface area contributed by atoms with Crippen molar-refractivity contribution in [2.75, 3.05) is 17.2 Å². The predicted octanol–water partition coefficient (Wildman–Crippen LogP) is 3.67. The van der Waals surface area contributed by atoms with Gasteiger partial charge < -0.3 is 13.9 Å². The molecule has 0 aliphatic heterocycles. The summed E-state index contributed by atoms with van der Waals surface area (Å²) in [5.41, 5.74) is 1.55. The first-order chi connectivity index (χ1) is 12.5. The Labute approximate surface area is 155 Å². The second kappa shape index (κ2) is 7.74. The summed E-state index contributed by atoms with van der Waals surface area (Å²) in [7, 11) is 1.85. The molecule has 0 saturated heterocycles. The van der Waals surface area contributed by atoms with Crippen molar-refractivity contribution in [2.24, 2.45) is 7.05 Å². The Morgan fingerprint density at radius 1 is 1.27 bits per heavy atom. The average Bonchev–Trinajstić information content (AvgIpc) is 3.20. The number of hydrogen-bond donors (Lipinski definition) is 0. The molecule has 6 nitrogen and oxygen atoms in total. The highest BCUT2D eigenvalue weighted by molar-refractivity contribution is 7.99. The predicted molar refractivity (Wildman–Crippen MR) is 98.6 cm³/mol. The molecule has 3 rings (SSSR count). The van der Waals surface area contributed by atoms with Crippen LogP contribution in [0, 0.1) is 12.7 Å². The molecule has 0 radical (unpaired) electrons. The van der Waals surface area contributed by atoms with Crippen LogP contribution in [0.1, 0.15) is 12.7 Å². The summed E-state index contributed by atoms with van der Waals surface area (Å²) in [4.78, 5) is 14.2. The zero-order valence-corrected chi connectivity index (χ0v) is 15.6. The highest BCUT2D eigenvalue weighted by Crippen LogP contribution is 2.26. The van der Waals surface area contributed by atoms with Gasteiger partial charge in [-0.2, -0.15) is 0 Å². The highest BCUT2D eigenvalue weighted by atomic mass is 32.2. The van der Waals surface area contributed by atoms with Gasteiger partial charge in [0.1, 0.15) is 11.6 Å². The van der Waals surface area contributed by atoms with Crippen LogP contribution < -0.4 is 4.90 Å². The molecule has 0 aliphatic rings. The molecule has 8 heteroatoms. The Bertz CT molecular complexity index is 904. The van der Waals surface area contributed by atoms with Crippen molar-refractivity contribution in [2.45, 2.75) is 19.0 Å². The van der Waals surface area contributed by atoms with Gasteiger partial charge in [0.05, 0.1) is 17.6 Å². The second-order valence-electron chi connectivity index (χ2n) is 5.66. The third-order valence-corrected chi connectivity index (χ3v) is 5.02. The first-order valence-electron chi connectivity index (χ1n) is 8.13. The number of nitrogens with zero attached hydrogens (tertiary/aromatic N) is 4. The minimum absolute atomic E-state index is 0.0758. The molecule has 3 aromatic rings. The fourth-order valence-corrected chi connectivity index (χ4v) is 3.41. The Balaban J connectivity index is 1.70. The number of aromatic nitrogens is 3. The number of hydrogen-bond acceptors (Lipinski definition) is 5. The molecule has 136 valence electrons. The first kappa shape index (κ1) is 18.2. The topological polar surface area (TPSA) is 64.2 Å². The van der Waals surface area contributed by atoms with Crippen molar-refractivity contribution in [3.8, 4) is 11.4 Å². The van der Waals surface area contributed by atoms with E-state index >= 15 is 0 Å². The van der Waals surface area contributed by atoms with Crippen molar-refractivity contribution in [3.63, 3.8) is 0 Å². The van der Waals surface area contributed by atoms with Gasteiger partial charge in [-0.25, -0.2) is 4.39 Å². The number of thioether (sulfide) groups is 1. The van der Waals surface area contributed by atoms with Gasteiger partial charge in [-0.3, -0.25) is 4.79 Å². The smallest absolute Gasteiger partial charge is 0.237 e. The van der Waals surface area contributed by atoms with Crippen LogP contribution in [0.15, 0.2) is 46.2 Å². The highest BCUT2D eigenvalue weighted by Gasteiger charge is 2.18. The SMILES string of the molecule is CCN(C(=O)CSc1nnc(-c2ccoc2C)n1C)c1ccc(F)cc1. The van der Waals surface area contributed by atoms with E-state index in [2.05, 4.69) is 10.2 Å². The van der Waals surface area contributed by atoms with Crippen molar-refractivity contribution >= 4 is 23.4 Å². The zero-order chi connectivity index (χ0) is 18.7. The van der Waals surface area contributed by atoms with Gasteiger partial charge in [-0.15, -0.1) is 10.2 Å². The molecule has 0 spiro atoms. The Hall–Kier alpha value is -2.61. The number of amides is 1. The van der Waals surface area contributed by atoms with E-state index in [-0.39, 0.29) is 17.5 Å². The zero-order valence-electron chi connectivity index (χ0n) is 14.8. The largest absolute Gasteiger partial charge is 0.469 e. The Kier molecular flexibility index (Phi) is 5.41. The number of carbonyl (C=O) groups excluding carboxylic acids is 1. The Morgan fingerprint density at radius 3 is 2.62 bits per heavy atom. The Morgan fingerprint density at radius 2 is 2.00 bits per heavy atom. The maximum Gasteiger partial charge on any atom is 0.237 e. The normalized spacial score (nSPS) is 10.9. The van der Waals surface area contributed by atoms with Crippen LogP contribution in [0.3, 0.4) is 0 Å². The van der Waals surface area contributed by atoms with Crippen molar-refractivity contribution in [1.82, 2.24) is 14.8 Å². The molecule has 0 bridgehead atoms. The van der Waals surface area contributed by atoms with Crippen LogP contribution in [0.25, 0.3) is 11.4 Å². The van der Waals surface area contributed by atoms with Crippen LogP contribution in [-0.4, -0.2) is 33.0 Å². The number of halogens is 1. The van der Waals surface area contributed by atoms with Crippen LogP contribution in [-0.2, 0) is 11.8 Å². The van der Waals surface area contributed by atoms with Gasteiger partial charge in [0.25, 0.3) is 0 Å². The van der Waals surface area contributed by atoms with Crippen LogP contribution in [0.4, 0.5) is 10.1 Å². The monoisotopic (exact) mass is 374 g/mol. The second-order valence-corrected chi connectivity index (χ2v) is 6.60. The van der Waals surface area contributed by atoms with E-state index in [1.54, 1.807) is 23.3 Å². The summed E-state index contributed by atoms with van der Waals surface area (Å²) in [5, 5.41) is 9.01. The summed E-state index contributed by atoms with van der Waals surface area (Å²) in [6, 6.07) is 7.74. The molecule has 2 aromatic heterocycles. The average molecular weight is 374 g/mol. The van der Waals surface area contributed by atoms with E-state index in [9.17, 15) is 9.18 Å². The van der Waals surface area contributed by atoms with Crippen LogP contribution >= 0.6 is 11.8 Å². The van der Waals surface area contributed by atoms with E-state index in [0.29, 0.717) is 23.2 Å². The third-order valence-electron chi connectivity index (χ3n) is 4.01. The van der Waals surface area contributed by atoms with Gasteiger partial charge in [0, 0.05) is 19.3 Å². The minimum atomic E-state index is -0.326. The fraction of sp³-hybridized carbons (Fsp3) is 0.278. The molecule has 1 amide bonds. The molecular weight excluding hydrogens is 355 g/mol. The molecular formula is C18H19FN4O2S. The molecule has 26 heavy (non-hydrogen) atoms. The van der Waals surface area contributed by atoms with E-state index in [4.69, 9.17) is 4.42 Å². The maximum absolute atomic E-state index is 13.1. The van der Waals surface area contributed by atoms with Gasteiger partial charge >= 0.3 is 0 Å². The number of rotatable bonds is 6. The summed E-state index contributed by atoms with van der Waals surface area (Å²) in [6.45, 7) is 4.25. The summed E-state index contributed by atoms with van der Waals surface area (Å²) >= 11 is 1.31. The number of anilines is 1. The van der Waals surface area contributed by atoms with Crippen molar-refractivity contribution < 1.29 is 13.6 Å². The molecule has 0 fully saturated rings.